The second-order valence-electron chi connectivity index (χ2n) is 6.44. The Morgan fingerprint density at radius 1 is 1.19 bits per heavy atom. The van der Waals surface area contributed by atoms with Gasteiger partial charge in [0.2, 0.25) is 11.9 Å². The summed E-state index contributed by atoms with van der Waals surface area (Å²) in [6.07, 6.45) is 4.59. The Morgan fingerprint density at radius 3 is 2.52 bits per heavy atom. The fraction of sp³-hybridized carbons (Fsp3) is 0.158. The maximum Gasteiger partial charge on any atom is 0.248 e. The van der Waals surface area contributed by atoms with Crippen molar-refractivity contribution in [3.05, 3.63) is 71.0 Å². The molecule has 138 valence electrons. The van der Waals surface area contributed by atoms with Crippen LogP contribution in [-0.2, 0) is 5.54 Å². The highest BCUT2D eigenvalue weighted by molar-refractivity contribution is 6.31. The van der Waals surface area contributed by atoms with Gasteiger partial charge in [-0.05, 0) is 44.2 Å². The molecule has 2 aromatic heterocycles. The first-order valence-corrected chi connectivity index (χ1v) is 8.46. The zero-order valence-corrected chi connectivity index (χ0v) is 15.5. The summed E-state index contributed by atoms with van der Waals surface area (Å²) in [7, 11) is 0. The Kier molecular flexibility index (Phi) is 5.05. The minimum atomic E-state index is -0.635. The number of amides is 1. The topological polar surface area (TPSA) is 93.8 Å². The average molecular weight is 386 g/mol. The van der Waals surface area contributed by atoms with Gasteiger partial charge in [0.05, 0.1) is 16.3 Å². The molecule has 0 spiro atoms. The van der Waals surface area contributed by atoms with Gasteiger partial charge in [-0.3, -0.25) is 9.78 Å². The van der Waals surface area contributed by atoms with Crippen molar-refractivity contribution in [2.24, 2.45) is 5.73 Å². The van der Waals surface area contributed by atoms with E-state index in [1.807, 2.05) is 13.8 Å². The highest BCUT2D eigenvalue weighted by Crippen LogP contribution is 2.29. The normalized spacial score (nSPS) is 11.3. The van der Waals surface area contributed by atoms with Gasteiger partial charge in [0.1, 0.15) is 5.82 Å². The minimum Gasteiger partial charge on any atom is -0.366 e. The van der Waals surface area contributed by atoms with Gasteiger partial charge in [0, 0.05) is 35.3 Å². The van der Waals surface area contributed by atoms with E-state index in [0.717, 1.165) is 0 Å². The maximum atomic E-state index is 14.1. The Balaban J connectivity index is 1.87. The molecular formula is C19H17ClFN5O. The Bertz CT molecular complexity index is 992. The molecule has 6 nitrogen and oxygen atoms in total. The predicted molar refractivity (Wildman–Crippen MR) is 102 cm³/mol. The number of carbonyl (C=O) groups is 1. The molecule has 0 atom stereocenters. The van der Waals surface area contributed by atoms with E-state index in [-0.39, 0.29) is 11.1 Å². The van der Waals surface area contributed by atoms with Crippen LogP contribution >= 0.6 is 11.6 Å². The molecule has 0 aliphatic heterocycles. The van der Waals surface area contributed by atoms with Crippen molar-refractivity contribution in [3.63, 3.8) is 0 Å². The summed E-state index contributed by atoms with van der Waals surface area (Å²) in [5, 5.41) is 3.69. The minimum absolute atomic E-state index is 0.199. The van der Waals surface area contributed by atoms with E-state index >= 15 is 0 Å². The van der Waals surface area contributed by atoms with E-state index < -0.39 is 17.3 Å². The maximum absolute atomic E-state index is 14.1. The largest absolute Gasteiger partial charge is 0.366 e. The van der Waals surface area contributed by atoms with Gasteiger partial charge >= 0.3 is 0 Å². The summed E-state index contributed by atoms with van der Waals surface area (Å²) in [5.74, 6) is -0.800. The van der Waals surface area contributed by atoms with E-state index in [1.54, 1.807) is 18.3 Å². The van der Waals surface area contributed by atoms with Crippen LogP contribution in [0.25, 0.3) is 11.1 Å². The fourth-order valence-corrected chi connectivity index (χ4v) is 2.97. The third kappa shape index (κ3) is 4.03. The summed E-state index contributed by atoms with van der Waals surface area (Å²) in [6.45, 7) is 3.79. The van der Waals surface area contributed by atoms with Gasteiger partial charge in [0.25, 0.3) is 0 Å². The number of hydrogen-bond acceptors (Lipinski definition) is 5. The molecule has 3 rings (SSSR count). The first-order chi connectivity index (χ1) is 12.8. The van der Waals surface area contributed by atoms with Crippen molar-refractivity contribution in [1.29, 1.82) is 0 Å². The molecule has 0 saturated carbocycles. The smallest absolute Gasteiger partial charge is 0.248 e. The predicted octanol–water partition coefficient (Wildman–Crippen LogP) is 3.78. The van der Waals surface area contributed by atoms with E-state index in [2.05, 4.69) is 20.3 Å². The number of nitrogens with two attached hydrogens (primary N) is 1. The summed E-state index contributed by atoms with van der Waals surface area (Å²) >= 11 is 6.22. The Hall–Kier alpha value is -3.06. The highest BCUT2D eigenvalue weighted by Gasteiger charge is 2.25. The zero-order valence-electron chi connectivity index (χ0n) is 14.7. The number of hydrogen-bond donors (Lipinski definition) is 2. The van der Waals surface area contributed by atoms with Gasteiger partial charge in [0.15, 0.2) is 0 Å². The lowest BCUT2D eigenvalue weighted by Crippen LogP contribution is -2.30. The second-order valence-corrected chi connectivity index (χ2v) is 6.85. The van der Waals surface area contributed by atoms with Gasteiger partial charge in [-0.25, -0.2) is 14.4 Å². The summed E-state index contributed by atoms with van der Waals surface area (Å²) < 4.78 is 14.1. The van der Waals surface area contributed by atoms with Crippen molar-refractivity contribution in [2.45, 2.75) is 19.4 Å². The number of anilines is 1. The lowest BCUT2D eigenvalue weighted by atomic mass is 10.00. The van der Waals surface area contributed by atoms with Gasteiger partial charge < -0.3 is 11.1 Å². The summed E-state index contributed by atoms with van der Waals surface area (Å²) in [6, 6.07) is 7.40. The second kappa shape index (κ2) is 7.28. The van der Waals surface area contributed by atoms with E-state index in [9.17, 15) is 9.18 Å². The van der Waals surface area contributed by atoms with Crippen LogP contribution in [0.15, 0.2) is 48.9 Å². The van der Waals surface area contributed by atoms with Crippen LogP contribution in [0.2, 0.25) is 5.02 Å². The molecule has 3 aromatic rings. The molecule has 0 saturated heterocycles. The molecule has 0 unspecified atom stereocenters. The standard InChI is InChI=1S/C19H17ClFN5O/c1-19(2,16-14(20)4-3-7-23-16)26-18-24-9-12(10-25-18)13-8-11(17(22)27)5-6-15(13)21/h3-10H,1-2H3,(H2,22,27)(H,24,25,26). The van der Waals surface area contributed by atoms with Gasteiger partial charge in [-0.2, -0.15) is 0 Å². The molecule has 0 aliphatic rings. The number of pyridine rings is 1. The number of rotatable bonds is 5. The molecule has 0 aliphatic carbocycles. The molecule has 1 aromatic carbocycles. The number of aromatic nitrogens is 3. The van der Waals surface area contributed by atoms with E-state index in [1.165, 1.54) is 30.6 Å². The molecule has 3 N–H and O–H groups in total. The van der Waals surface area contributed by atoms with Crippen LogP contribution in [0.3, 0.4) is 0 Å². The number of nitrogens with one attached hydrogen (secondary N) is 1. The van der Waals surface area contributed by atoms with Crippen LogP contribution in [-0.4, -0.2) is 20.9 Å². The van der Waals surface area contributed by atoms with E-state index in [0.29, 0.717) is 22.2 Å². The third-order valence-corrected chi connectivity index (χ3v) is 4.29. The number of primary amides is 1. The van der Waals surface area contributed by atoms with Crippen molar-refractivity contribution < 1.29 is 9.18 Å². The van der Waals surface area contributed by atoms with Gasteiger partial charge in [-0.1, -0.05) is 11.6 Å². The Labute approximate surface area is 160 Å². The average Bonchev–Trinajstić information content (AvgIpc) is 2.62. The van der Waals surface area contributed by atoms with Crippen molar-refractivity contribution in [3.8, 4) is 11.1 Å². The van der Waals surface area contributed by atoms with Gasteiger partial charge in [-0.15, -0.1) is 0 Å². The van der Waals surface area contributed by atoms with Crippen molar-refractivity contribution in [1.82, 2.24) is 15.0 Å². The molecular weight excluding hydrogens is 369 g/mol. The molecule has 0 fully saturated rings. The van der Waals surface area contributed by atoms with Crippen LogP contribution in [0, 0.1) is 5.82 Å². The first-order valence-electron chi connectivity index (χ1n) is 8.09. The number of halogens is 2. The van der Waals surface area contributed by atoms with Crippen LogP contribution in [0.4, 0.5) is 10.3 Å². The van der Waals surface area contributed by atoms with Crippen LogP contribution < -0.4 is 11.1 Å². The molecule has 0 bridgehead atoms. The lowest BCUT2D eigenvalue weighted by Gasteiger charge is -2.26. The first kappa shape index (κ1) is 18.7. The van der Waals surface area contributed by atoms with Crippen molar-refractivity contribution in [2.75, 3.05) is 5.32 Å². The van der Waals surface area contributed by atoms with E-state index in [4.69, 9.17) is 17.3 Å². The number of carbonyl (C=O) groups excluding carboxylic acids is 1. The lowest BCUT2D eigenvalue weighted by molar-refractivity contribution is 0.100. The quantitative estimate of drug-likeness (QED) is 0.697. The molecule has 1 amide bonds. The Morgan fingerprint density at radius 2 is 1.89 bits per heavy atom. The summed E-state index contributed by atoms with van der Waals surface area (Å²) in [5.41, 5.74) is 6.11. The molecule has 8 heteroatoms. The molecule has 0 radical (unpaired) electrons. The zero-order chi connectivity index (χ0) is 19.6. The van der Waals surface area contributed by atoms with Crippen LogP contribution in [0.1, 0.15) is 29.9 Å². The highest BCUT2D eigenvalue weighted by atomic mass is 35.5. The number of benzene rings is 1. The SMILES string of the molecule is CC(C)(Nc1ncc(-c2cc(C(N)=O)ccc2F)cn1)c1ncccc1Cl. The third-order valence-electron chi connectivity index (χ3n) is 3.99. The fourth-order valence-electron chi connectivity index (χ4n) is 2.62. The molecule has 2 heterocycles. The monoisotopic (exact) mass is 385 g/mol. The number of nitrogens with zero attached hydrogens (tertiary/aromatic N) is 3. The summed E-state index contributed by atoms with van der Waals surface area (Å²) in [4.78, 5) is 24.1. The van der Waals surface area contributed by atoms with Crippen LogP contribution in [0.5, 0.6) is 0 Å². The van der Waals surface area contributed by atoms with Crippen molar-refractivity contribution >= 4 is 23.5 Å². The molecule has 27 heavy (non-hydrogen) atoms.